The summed E-state index contributed by atoms with van der Waals surface area (Å²) in [6.45, 7) is 4.26. The topological polar surface area (TPSA) is 55.6 Å². The highest BCUT2D eigenvalue weighted by atomic mass is 15.6. The van der Waals surface area contributed by atoms with E-state index in [0.29, 0.717) is 0 Å². The minimum Gasteiger partial charge on any atom is -0.373 e. The summed E-state index contributed by atoms with van der Waals surface area (Å²) in [5, 5.41) is 16.7. The molecule has 1 aliphatic carbocycles. The molecule has 1 saturated carbocycles. The fourth-order valence-electron chi connectivity index (χ4n) is 3.97. The fraction of sp³-hybridized carbons (Fsp3) is 0.381. The van der Waals surface area contributed by atoms with E-state index in [9.17, 15) is 0 Å². The van der Waals surface area contributed by atoms with E-state index in [2.05, 4.69) is 77.2 Å². The zero-order valence-corrected chi connectivity index (χ0v) is 15.4. The Balaban J connectivity index is 1.81. The van der Waals surface area contributed by atoms with Crippen LogP contribution in [0.5, 0.6) is 0 Å². The van der Waals surface area contributed by atoms with Crippen LogP contribution in [-0.4, -0.2) is 20.2 Å². The Labute approximate surface area is 154 Å². The molecule has 26 heavy (non-hydrogen) atoms. The highest BCUT2D eigenvalue weighted by Gasteiger charge is 2.39. The number of rotatable bonds is 4. The average molecular weight is 347 g/mol. The lowest BCUT2D eigenvalue weighted by molar-refractivity contribution is 0.309. The number of nitrogens with zero attached hydrogens (tertiary/aromatic N) is 4. The zero-order valence-electron chi connectivity index (χ0n) is 15.4. The second kappa shape index (κ2) is 6.90. The number of para-hydroxylation sites is 1. The van der Waals surface area contributed by atoms with Crippen LogP contribution in [0.1, 0.15) is 49.1 Å². The van der Waals surface area contributed by atoms with E-state index < -0.39 is 0 Å². The molecule has 0 bridgehead atoms. The Morgan fingerprint density at radius 3 is 2.46 bits per heavy atom. The summed E-state index contributed by atoms with van der Waals surface area (Å²) in [7, 11) is 0. The Morgan fingerprint density at radius 1 is 0.923 bits per heavy atom. The van der Waals surface area contributed by atoms with Gasteiger partial charge in [0.05, 0.1) is 11.2 Å². The smallest absolute Gasteiger partial charge is 0.181 e. The van der Waals surface area contributed by atoms with Crippen LogP contribution in [0.4, 0.5) is 5.69 Å². The number of nitrogens with one attached hydrogen (secondary N) is 1. The van der Waals surface area contributed by atoms with Crippen LogP contribution in [0.25, 0.3) is 5.69 Å². The van der Waals surface area contributed by atoms with E-state index in [0.717, 1.165) is 30.0 Å². The lowest BCUT2D eigenvalue weighted by Gasteiger charge is -2.37. The summed E-state index contributed by atoms with van der Waals surface area (Å²) in [5.41, 5.74) is 4.40. The van der Waals surface area contributed by atoms with Crippen molar-refractivity contribution in [2.24, 2.45) is 0 Å². The zero-order chi connectivity index (χ0) is 18.0. The highest BCUT2D eigenvalue weighted by Crippen LogP contribution is 2.39. The minimum atomic E-state index is -0.237. The molecule has 0 saturated heterocycles. The number of aryl methyl sites for hydroxylation is 1. The van der Waals surface area contributed by atoms with Crippen molar-refractivity contribution in [3.05, 3.63) is 65.5 Å². The third kappa shape index (κ3) is 2.98. The van der Waals surface area contributed by atoms with E-state index in [1.54, 1.807) is 0 Å². The number of hydrogen-bond acceptors (Lipinski definition) is 4. The summed E-state index contributed by atoms with van der Waals surface area (Å²) in [4.78, 5) is 0. The maximum Gasteiger partial charge on any atom is 0.181 e. The van der Waals surface area contributed by atoms with Crippen molar-refractivity contribution >= 4 is 5.69 Å². The van der Waals surface area contributed by atoms with Crippen molar-refractivity contribution < 1.29 is 0 Å². The van der Waals surface area contributed by atoms with Gasteiger partial charge in [-0.2, -0.15) is 4.68 Å². The van der Waals surface area contributed by atoms with Crippen molar-refractivity contribution in [3.63, 3.8) is 0 Å². The normalized spacial score (nSPS) is 16.4. The van der Waals surface area contributed by atoms with E-state index in [1.165, 1.54) is 30.4 Å². The van der Waals surface area contributed by atoms with Gasteiger partial charge in [-0.05, 0) is 66.4 Å². The third-order valence-electron chi connectivity index (χ3n) is 5.57. The van der Waals surface area contributed by atoms with Crippen LogP contribution < -0.4 is 5.32 Å². The van der Waals surface area contributed by atoms with Gasteiger partial charge in [0.1, 0.15) is 0 Å². The maximum atomic E-state index is 4.49. The molecule has 0 spiro atoms. The molecule has 134 valence electrons. The Kier molecular flexibility index (Phi) is 4.45. The molecule has 2 aromatic carbocycles. The van der Waals surface area contributed by atoms with Crippen molar-refractivity contribution in [3.8, 4) is 5.69 Å². The number of anilines is 1. The van der Waals surface area contributed by atoms with Gasteiger partial charge in [-0.1, -0.05) is 49.6 Å². The molecule has 0 amide bonds. The molecule has 3 aromatic rings. The molecule has 0 unspecified atom stereocenters. The number of tetrazole rings is 1. The average Bonchev–Trinajstić information content (AvgIpc) is 3.16. The van der Waals surface area contributed by atoms with Crippen molar-refractivity contribution in [1.82, 2.24) is 20.2 Å². The molecule has 4 rings (SSSR count). The Morgan fingerprint density at radius 2 is 1.69 bits per heavy atom. The summed E-state index contributed by atoms with van der Waals surface area (Å²) in [6.07, 6.45) is 5.70. The van der Waals surface area contributed by atoms with Crippen LogP contribution in [0.3, 0.4) is 0 Å². The van der Waals surface area contributed by atoms with Gasteiger partial charge in [-0.25, -0.2) is 0 Å². The second-order valence-corrected chi connectivity index (χ2v) is 7.27. The van der Waals surface area contributed by atoms with E-state index in [4.69, 9.17) is 0 Å². The summed E-state index contributed by atoms with van der Waals surface area (Å²) in [6, 6.07) is 16.7. The van der Waals surface area contributed by atoms with Crippen LogP contribution >= 0.6 is 0 Å². The van der Waals surface area contributed by atoms with Crippen LogP contribution in [0, 0.1) is 13.8 Å². The summed E-state index contributed by atoms with van der Waals surface area (Å²) in [5.74, 6) is 0.912. The van der Waals surface area contributed by atoms with E-state index in [-0.39, 0.29) is 5.54 Å². The SMILES string of the molecule is Cc1cccc(-n2nnnc2C2(Nc3ccccc3)CCCCC2)c1C. The quantitative estimate of drug-likeness (QED) is 0.752. The van der Waals surface area contributed by atoms with Crippen molar-refractivity contribution in [1.29, 1.82) is 0 Å². The van der Waals surface area contributed by atoms with Gasteiger partial charge in [-0.15, -0.1) is 5.10 Å². The molecule has 1 heterocycles. The number of hydrogen-bond donors (Lipinski definition) is 1. The van der Waals surface area contributed by atoms with Crippen molar-refractivity contribution in [2.75, 3.05) is 5.32 Å². The monoisotopic (exact) mass is 347 g/mol. The standard InChI is InChI=1S/C21H25N5/c1-16-10-9-13-19(17(16)2)26-20(23-24-25-26)21(14-7-4-8-15-21)22-18-11-5-3-6-12-18/h3,5-6,9-13,22H,4,7-8,14-15H2,1-2H3. The molecule has 5 nitrogen and oxygen atoms in total. The molecule has 5 heteroatoms. The highest BCUT2D eigenvalue weighted by molar-refractivity contribution is 5.49. The predicted molar refractivity (Wildman–Crippen MR) is 103 cm³/mol. The molecule has 1 aliphatic rings. The molecular weight excluding hydrogens is 322 g/mol. The van der Waals surface area contributed by atoms with Gasteiger partial charge in [0.15, 0.2) is 5.82 Å². The molecule has 0 aliphatic heterocycles. The second-order valence-electron chi connectivity index (χ2n) is 7.27. The first-order valence-electron chi connectivity index (χ1n) is 9.38. The summed E-state index contributed by atoms with van der Waals surface area (Å²) < 4.78 is 1.93. The molecule has 1 N–H and O–H groups in total. The first-order chi connectivity index (χ1) is 12.7. The molecule has 1 fully saturated rings. The predicted octanol–water partition coefficient (Wildman–Crippen LogP) is 4.55. The van der Waals surface area contributed by atoms with Gasteiger partial charge in [0.2, 0.25) is 0 Å². The van der Waals surface area contributed by atoms with Crippen molar-refractivity contribution in [2.45, 2.75) is 51.5 Å². The fourth-order valence-corrected chi connectivity index (χ4v) is 3.97. The van der Waals surface area contributed by atoms with Gasteiger partial charge >= 0.3 is 0 Å². The minimum absolute atomic E-state index is 0.237. The Hall–Kier alpha value is -2.69. The largest absolute Gasteiger partial charge is 0.373 e. The van der Waals surface area contributed by atoms with Gasteiger partial charge in [-0.3, -0.25) is 0 Å². The van der Waals surface area contributed by atoms with Crippen LogP contribution in [-0.2, 0) is 5.54 Å². The Bertz CT molecular complexity index is 878. The van der Waals surface area contributed by atoms with Gasteiger partial charge in [0, 0.05) is 5.69 Å². The summed E-state index contributed by atoms with van der Waals surface area (Å²) >= 11 is 0. The molecule has 0 radical (unpaired) electrons. The first-order valence-corrected chi connectivity index (χ1v) is 9.38. The van der Waals surface area contributed by atoms with Crippen LogP contribution in [0.2, 0.25) is 0 Å². The van der Waals surface area contributed by atoms with Crippen LogP contribution in [0.15, 0.2) is 48.5 Å². The number of benzene rings is 2. The lowest BCUT2D eigenvalue weighted by atomic mass is 9.80. The van der Waals surface area contributed by atoms with Gasteiger partial charge < -0.3 is 5.32 Å². The maximum absolute atomic E-state index is 4.49. The number of aromatic nitrogens is 4. The molecule has 1 aromatic heterocycles. The lowest BCUT2D eigenvalue weighted by Crippen LogP contribution is -2.40. The third-order valence-corrected chi connectivity index (χ3v) is 5.57. The van der Waals surface area contributed by atoms with E-state index >= 15 is 0 Å². The molecular formula is C21H25N5. The van der Waals surface area contributed by atoms with Gasteiger partial charge in [0.25, 0.3) is 0 Å². The molecule has 0 atom stereocenters. The van der Waals surface area contributed by atoms with E-state index in [1.807, 2.05) is 10.7 Å². The first kappa shape index (κ1) is 16.8.